The van der Waals surface area contributed by atoms with Crippen molar-refractivity contribution in [2.75, 3.05) is 13.4 Å². The summed E-state index contributed by atoms with van der Waals surface area (Å²) < 4.78 is 34.8. The van der Waals surface area contributed by atoms with Crippen molar-refractivity contribution < 1.29 is 27.4 Å². The highest BCUT2D eigenvalue weighted by Gasteiger charge is 2.38. The molecule has 1 aromatic heterocycles. The van der Waals surface area contributed by atoms with Gasteiger partial charge in [0.05, 0.1) is 23.6 Å². The number of aromatic nitrogens is 1. The highest BCUT2D eigenvalue weighted by molar-refractivity contribution is 7.94. The van der Waals surface area contributed by atoms with E-state index >= 15 is 0 Å². The molecule has 8 nitrogen and oxygen atoms in total. The number of carbonyl (C=O) groups is 1. The van der Waals surface area contributed by atoms with E-state index in [4.69, 9.17) is 4.74 Å². The Morgan fingerprint density at radius 2 is 2.00 bits per heavy atom. The van der Waals surface area contributed by atoms with Gasteiger partial charge in [0.2, 0.25) is 0 Å². The van der Waals surface area contributed by atoms with E-state index < -0.39 is 21.9 Å². The number of dihydropyridines is 1. The molecule has 0 bridgehead atoms. The Balaban J connectivity index is 2.69. The first-order valence-corrected chi connectivity index (χ1v) is 8.87. The summed E-state index contributed by atoms with van der Waals surface area (Å²) in [6, 6.07) is 3.08. The number of rotatable bonds is 3. The summed E-state index contributed by atoms with van der Waals surface area (Å²) in [5.41, 5.74) is 1.24. The van der Waals surface area contributed by atoms with Crippen LogP contribution < -0.4 is 10.0 Å². The minimum atomic E-state index is -3.64. The fraction of sp³-hybridized carbons (Fsp3) is 0.333. The molecule has 0 fully saturated rings. The summed E-state index contributed by atoms with van der Waals surface area (Å²) in [7, 11) is -2.50. The molecule has 1 aliphatic rings. The first-order chi connectivity index (χ1) is 11.1. The van der Waals surface area contributed by atoms with Crippen LogP contribution in [0.1, 0.15) is 25.3 Å². The number of nitrogens with zero attached hydrogens (tertiary/aromatic N) is 1. The molecule has 1 aromatic rings. The van der Waals surface area contributed by atoms with Crippen molar-refractivity contribution in [3.63, 3.8) is 0 Å². The fourth-order valence-corrected chi connectivity index (χ4v) is 3.94. The molecule has 1 atom stereocenters. The van der Waals surface area contributed by atoms with Gasteiger partial charge in [0.25, 0.3) is 0 Å². The van der Waals surface area contributed by atoms with Gasteiger partial charge in [-0.05, 0) is 19.9 Å². The molecule has 0 saturated carbocycles. The third kappa shape index (κ3) is 3.51. The number of hydrogen-bond donors (Lipinski definition) is 1. The normalized spacial score (nSPS) is 18.2. The molecule has 1 aliphatic heterocycles. The second kappa shape index (κ2) is 6.52. The molecule has 130 valence electrons. The molecule has 0 aromatic carbocycles. The van der Waals surface area contributed by atoms with Gasteiger partial charge in [0, 0.05) is 23.6 Å². The van der Waals surface area contributed by atoms with Gasteiger partial charge in [-0.25, -0.2) is 13.2 Å². The zero-order valence-electron chi connectivity index (χ0n) is 13.7. The zero-order valence-corrected chi connectivity index (χ0v) is 14.5. The van der Waals surface area contributed by atoms with Gasteiger partial charge in [0.15, 0.2) is 22.2 Å². The number of allylic oxidation sites excluding steroid dienone is 3. The van der Waals surface area contributed by atoms with Crippen LogP contribution in [-0.4, -0.2) is 27.9 Å². The minimum Gasteiger partial charge on any atom is -0.619 e. The summed E-state index contributed by atoms with van der Waals surface area (Å²) in [5.74, 6) is -0.860. The maximum absolute atomic E-state index is 12.3. The first-order valence-electron chi connectivity index (χ1n) is 6.98. The SMILES string of the molecule is COC(=O)OC1=C(C)NC(C)=C(S(C)(=O)=O)C1c1ccc[n+]([O-])c1. The largest absolute Gasteiger partial charge is 0.619 e. The quantitative estimate of drug-likeness (QED) is 0.495. The van der Waals surface area contributed by atoms with Crippen molar-refractivity contribution in [2.45, 2.75) is 19.8 Å². The molecular formula is C15H18N2O6S. The molecule has 2 heterocycles. The minimum absolute atomic E-state index is 0.0261. The topological polar surface area (TPSA) is 109 Å². The summed E-state index contributed by atoms with van der Waals surface area (Å²) in [4.78, 5) is 11.6. The fourth-order valence-electron chi connectivity index (χ4n) is 2.66. The second-order valence-electron chi connectivity index (χ2n) is 5.36. The van der Waals surface area contributed by atoms with Crippen molar-refractivity contribution in [3.05, 3.63) is 57.4 Å². The van der Waals surface area contributed by atoms with E-state index in [1.165, 1.54) is 18.5 Å². The number of methoxy groups -OCH3 is 1. The van der Waals surface area contributed by atoms with Gasteiger partial charge < -0.3 is 20.0 Å². The predicted molar refractivity (Wildman–Crippen MR) is 85.0 cm³/mol. The smallest absolute Gasteiger partial charge is 0.513 e. The highest BCUT2D eigenvalue weighted by atomic mass is 32.2. The monoisotopic (exact) mass is 354 g/mol. The lowest BCUT2D eigenvalue weighted by Gasteiger charge is -2.29. The number of sulfone groups is 1. The molecule has 1 unspecified atom stereocenters. The number of hydrogen-bond acceptors (Lipinski definition) is 7. The van der Waals surface area contributed by atoms with Crippen LogP contribution in [0, 0.1) is 5.21 Å². The average molecular weight is 354 g/mol. The molecule has 0 amide bonds. The standard InChI is InChI=1S/C15H18N2O6S/c1-9-13(23-15(18)22-3)12(11-6-5-7-17(19)8-11)14(10(2)16-9)24(4,20)21/h5-8,12,16H,1-4H3. The molecular weight excluding hydrogens is 336 g/mol. The Kier molecular flexibility index (Phi) is 4.83. The summed E-state index contributed by atoms with van der Waals surface area (Å²) in [5, 5.41) is 14.5. The van der Waals surface area contributed by atoms with Crippen molar-refractivity contribution >= 4 is 16.0 Å². The molecule has 1 N–H and O–H groups in total. The van der Waals surface area contributed by atoms with Gasteiger partial charge >= 0.3 is 6.16 Å². The molecule has 9 heteroatoms. The predicted octanol–water partition coefficient (Wildman–Crippen LogP) is 1.30. The van der Waals surface area contributed by atoms with Gasteiger partial charge in [0.1, 0.15) is 5.76 Å². The van der Waals surface area contributed by atoms with Crippen LogP contribution in [0.4, 0.5) is 4.79 Å². The zero-order chi connectivity index (χ0) is 18.1. The van der Waals surface area contributed by atoms with Crippen LogP contribution >= 0.6 is 0 Å². The van der Waals surface area contributed by atoms with E-state index in [1.54, 1.807) is 19.9 Å². The van der Waals surface area contributed by atoms with Crippen LogP contribution in [0.15, 0.2) is 46.6 Å². The van der Waals surface area contributed by atoms with Gasteiger partial charge in [-0.15, -0.1) is 0 Å². The van der Waals surface area contributed by atoms with Crippen molar-refractivity contribution in [3.8, 4) is 0 Å². The maximum Gasteiger partial charge on any atom is 0.513 e. The van der Waals surface area contributed by atoms with E-state index in [0.717, 1.165) is 13.4 Å². The first kappa shape index (κ1) is 17.8. The third-order valence-electron chi connectivity index (χ3n) is 3.53. The molecule has 0 spiro atoms. The van der Waals surface area contributed by atoms with Crippen LogP contribution in [0.25, 0.3) is 0 Å². The molecule has 0 aliphatic carbocycles. The lowest BCUT2D eigenvalue weighted by molar-refractivity contribution is -0.605. The Morgan fingerprint density at radius 1 is 1.33 bits per heavy atom. The molecule has 2 rings (SSSR count). The Morgan fingerprint density at radius 3 is 2.54 bits per heavy atom. The second-order valence-corrected chi connectivity index (χ2v) is 7.35. The molecule has 0 radical (unpaired) electrons. The Labute approximate surface area is 139 Å². The van der Waals surface area contributed by atoms with Gasteiger partial charge in [-0.1, -0.05) is 0 Å². The van der Waals surface area contributed by atoms with E-state index in [9.17, 15) is 18.4 Å². The summed E-state index contributed by atoms with van der Waals surface area (Å²) >= 11 is 0. The van der Waals surface area contributed by atoms with Crippen molar-refractivity contribution in [2.24, 2.45) is 0 Å². The summed E-state index contributed by atoms with van der Waals surface area (Å²) in [6.07, 6.45) is 2.60. The number of carbonyl (C=O) groups excluding carboxylic acids is 1. The van der Waals surface area contributed by atoms with E-state index in [0.29, 0.717) is 21.7 Å². The van der Waals surface area contributed by atoms with Crippen LogP contribution in [0.3, 0.4) is 0 Å². The highest BCUT2D eigenvalue weighted by Crippen LogP contribution is 2.40. The Bertz CT molecular complexity index is 841. The maximum atomic E-state index is 12.3. The van der Waals surface area contributed by atoms with E-state index in [1.807, 2.05) is 0 Å². The number of nitrogens with one attached hydrogen (secondary N) is 1. The summed E-state index contributed by atoms with van der Waals surface area (Å²) in [6.45, 7) is 3.25. The Hall–Kier alpha value is -2.55. The molecule has 24 heavy (non-hydrogen) atoms. The van der Waals surface area contributed by atoms with Crippen molar-refractivity contribution in [1.29, 1.82) is 0 Å². The van der Waals surface area contributed by atoms with E-state index in [-0.39, 0.29) is 10.7 Å². The number of ether oxygens (including phenoxy) is 2. The average Bonchev–Trinajstić information content (AvgIpc) is 2.47. The number of pyridine rings is 1. The van der Waals surface area contributed by atoms with Crippen LogP contribution in [-0.2, 0) is 19.3 Å². The van der Waals surface area contributed by atoms with E-state index in [2.05, 4.69) is 10.1 Å². The molecule has 0 saturated heterocycles. The van der Waals surface area contributed by atoms with Crippen LogP contribution in [0.5, 0.6) is 0 Å². The van der Waals surface area contributed by atoms with Crippen LogP contribution in [0.2, 0.25) is 0 Å². The van der Waals surface area contributed by atoms with Gasteiger partial charge in [-0.2, -0.15) is 4.73 Å². The van der Waals surface area contributed by atoms with Crippen molar-refractivity contribution in [1.82, 2.24) is 5.32 Å². The van der Waals surface area contributed by atoms with Gasteiger partial charge in [-0.3, -0.25) is 0 Å². The lowest BCUT2D eigenvalue weighted by atomic mass is 9.93. The third-order valence-corrected chi connectivity index (χ3v) is 4.87. The lowest BCUT2D eigenvalue weighted by Crippen LogP contribution is -2.32.